The predicted molar refractivity (Wildman–Crippen MR) is 59.0 cm³/mol. The summed E-state index contributed by atoms with van der Waals surface area (Å²) in [5, 5.41) is 16.5. The number of esters is 1. The first kappa shape index (κ1) is 12.5. The molecule has 0 radical (unpaired) electrons. The number of rotatable bonds is 6. The number of nitrogens with one attached hydrogen (secondary N) is 1. The second-order valence-corrected chi connectivity index (χ2v) is 3.45. The molecule has 0 amide bonds. The van der Waals surface area contributed by atoms with Crippen molar-refractivity contribution in [3.05, 3.63) is 12.4 Å². The zero-order valence-corrected chi connectivity index (χ0v) is 9.51. The fourth-order valence-electron chi connectivity index (χ4n) is 1.23. The van der Waals surface area contributed by atoms with Gasteiger partial charge < -0.3 is 15.2 Å². The minimum Gasteiger partial charge on any atom is -0.466 e. The van der Waals surface area contributed by atoms with E-state index in [1.165, 1.54) is 0 Å². The van der Waals surface area contributed by atoms with Gasteiger partial charge in [-0.2, -0.15) is 5.10 Å². The molecule has 0 saturated carbocycles. The number of aliphatic hydroxyl groups excluding tert-OH is 1. The lowest BCUT2D eigenvalue weighted by molar-refractivity contribution is -0.145. The van der Waals surface area contributed by atoms with Crippen LogP contribution >= 0.6 is 0 Å². The molecular weight excluding hydrogens is 210 g/mol. The van der Waals surface area contributed by atoms with Gasteiger partial charge in [0.25, 0.3) is 0 Å². The van der Waals surface area contributed by atoms with E-state index in [1.807, 2.05) is 0 Å². The summed E-state index contributed by atoms with van der Waals surface area (Å²) in [6.07, 6.45) is 2.69. The first-order valence-corrected chi connectivity index (χ1v) is 5.18. The number of carbonyl (C=O) groups is 1. The van der Waals surface area contributed by atoms with Crippen LogP contribution in [-0.4, -0.2) is 40.1 Å². The SMILES string of the molecule is CCOC(=O)CC(O)CNc1cnn(C)c1. The molecule has 0 aliphatic rings. The van der Waals surface area contributed by atoms with Gasteiger partial charge in [-0.1, -0.05) is 0 Å². The largest absolute Gasteiger partial charge is 0.466 e. The average Bonchev–Trinajstić information content (AvgIpc) is 2.61. The molecule has 2 N–H and O–H groups in total. The van der Waals surface area contributed by atoms with Crippen molar-refractivity contribution in [1.29, 1.82) is 0 Å². The highest BCUT2D eigenvalue weighted by Crippen LogP contribution is 2.04. The van der Waals surface area contributed by atoms with Crippen molar-refractivity contribution in [2.24, 2.45) is 7.05 Å². The van der Waals surface area contributed by atoms with Crippen molar-refractivity contribution >= 4 is 11.7 Å². The number of aromatic nitrogens is 2. The standard InChI is InChI=1S/C10H17N3O3/c1-3-16-10(15)4-9(14)6-11-8-5-12-13(2)7-8/h5,7,9,11,14H,3-4,6H2,1-2H3. The molecule has 0 aromatic carbocycles. The molecule has 1 aromatic heterocycles. The van der Waals surface area contributed by atoms with Crippen molar-refractivity contribution in [1.82, 2.24) is 9.78 Å². The molecule has 6 heteroatoms. The van der Waals surface area contributed by atoms with Crippen LogP contribution in [0.25, 0.3) is 0 Å². The molecule has 1 unspecified atom stereocenters. The van der Waals surface area contributed by atoms with Gasteiger partial charge in [0.05, 0.1) is 31.0 Å². The zero-order valence-electron chi connectivity index (χ0n) is 9.51. The molecule has 0 spiro atoms. The van der Waals surface area contributed by atoms with Gasteiger partial charge in [-0.15, -0.1) is 0 Å². The van der Waals surface area contributed by atoms with Gasteiger partial charge in [-0.05, 0) is 6.92 Å². The number of hydrogen-bond donors (Lipinski definition) is 2. The van der Waals surface area contributed by atoms with Crippen LogP contribution < -0.4 is 5.32 Å². The predicted octanol–water partition coefficient (Wildman–Crippen LogP) is 0.146. The van der Waals surface area contributed by atoms with E-state index in [1.54, 1.807) is 31.0 Å². The Bertz CT molecular complexity index is 338. The fourth-order valence-corrected chi connectivity index (χ4v) is 1.23. The lowest BCUT2D eigenvalue weighted by Crippen LogP contribution is -2.23. The number of anilines is 1. The summed E-state index contributed by atoms with van der Waals surface area (Å²) < 4.78 is 6.38. The van der Waals surface area contributed by atoms with Crippen molar-refractivity contribution < 1.29 is 14.6 Å². The molecule has 0 aliphatic carbocycles. The second kappa shape index (κ2) is 6.12. The highest BCUT2D eigenvalue weighted by Gasteiger charge is 2.11. The summed E-state index contributed by atoms with van der Waals surface area (Å²) >= 11 is 0. The number of hydrogen-bond acceptors (Lipinski definition) is 5. The molecular formula is C10H17N3O3. The molecule has 0 fully saturated rings. The highest BCUT2D eigenvalue weighted by molar-refractivity contribution is 5.70. The van der Waals surface area contributed by atoms with Crippen LogP contribution in [0.15, 0.2) is 12.4 Å². The Labute approximate surface area is 94.2 Å². The van der Waals surface area contributed by atoms with Gasteiger partial charge in [0, 0.05) is 19.8 Å². The minimum absolute atomic E-state index is 0.00109. The topological polar surface area (TPSA) is 76.4 Å². The van der Waals surface area contributed by atoms with E-state index in [-0.39, 0.29) is 12.4 Å². The van der Waals surface area contributed by atoms with Crippen LogP contribution in [0.1, 0.15) is 13.3 Å². The Morgan fingerprint density at radius 1 is 1.75 bits per heavy atom. The summed E-state index contributed by atoms with van der Waals surface area (Å²) in [6, 6.07) is 0. The van der Waals surface area contributed by atoms with Crippen LogP contribution in [0.3, 0.4) is 0 Å². The van der Waals surface area contributed by atoms with Gasteiger partial charge in [-0.25, -0.2) is 0 Å². The van der Waals surface area contributed by atoms with Crippen LogP contribution in [-0.2, 0) is 16.6 Å². The minimum atomic E-state index is -0.751. The van der Waals surface area contributed by atoms with E-state index in [2.05, 4.69) is 10.4 Å². The average molecular weight is 227 g/mol. The number of nitrogens with zero attached hydrogens (tertiary/aromatic N) is 2. The number of carbonyl (C=O) groups excluding carboxylic acids is 1. The zero-order chi connectivity index (χ0) is 12.0. The van der Waals surface area contributed by atoms with Crippen molar-refractivity contribution in [3.8, 4) is 0 Å². The molecule has 90 valence electrons. The molecule has 0 saturated heterocycles. The summed E-state index contributed by atoms with van der Waals surface area (Å²) in [7, 11) is 1.81. The first-order chi connectivity index (χ1) is 7.61. The Morgan fingerprint density at radius 2 is 2.50 bits per heavy atom. The smallest absolute Gasteiger partial charge is 0.308 e. The number of aliphatic hydroxyl groups is 1. The van der Waals surface area contributed by atoms with Crippen LogP contribution in [0.4, 0.5) is 5.69 Å². The summed E-state index contributed by atoms with van der Waals surface area (Å²) in [6.45, 7) is 2.37. The van der Waals surface area contributed by atoms with Crippen LogP contribution in [0.5, 0.6) is 0 Å². The summed E-state index contributed by atoms with van der Waals surface area (Å²) in [4.78, 5) is 11.0. The Kier molecular flexibility index (Phi) is 4.78. The highest BCUT2D eigenvalue weighted by atomic mass is 16.5. The van der Waals surface area contributed by atoms with Gasteiger partial charge in [0.2, 0.25) is 0 Å². The molecule has 1 rings (SSSR count). The lowest BCUT2D eigenvalue weighted by Gasteiger charge is -2.10. The van der Waals surface area contributed by atoms with Gasteiger partial charge in [-0.3, -0.25) is 9.48 Å². The molecule has 6 nitrogen and oxygen atoms in total. The maximum absolute atomic E-state index is 11.0. The Morgan fingerprint density at radius 3 is 3.06 bits per heavy atom. The third-order valence-corrected chi connectivity index (χ3v) is 1.95. The third kappa shape index (κ3) is 4.31. The third-order valence-electron chi connectivity index (χ3n) is 1.95. The van der Waals surface area contributed by atoms with Crippen LogP contribution in [0, 0.1) is 0 Å². The maximum Gasteiger partial charge on any atom is 0.308 e. The molecule has 1 heterocycles. The lowest BCUT2D eigenvalue weighted by atomic mass is 10.2. The van der Waals surface area contributed by atoms with E-state index in [0.717, 1.165) is 5.69 Å². The number of ether oxygens (including phenoxy) is 1. The molecule has 1 atom stereocenters. The Hall–Kier alpha value is -1.56. The monoisotopic (exact) mass is 227 g/mol. The molecule has 0 aliphatic heterocycles. The van der Waals surface area contributed by atoms with Crippen molar-refractivity contribution in [3.63, 3.8) is 0 Å². The van der Waals surface area contributed by atoms with Crippen LogP contribution in [0.2, 0.25) is 0 Å². The molecule has 1 aromatic rings. The first-order valence-electron chi connectivity index (χ1n) is 5.18. The summed E-state index contributed by atoms with van der Waals surface area (Å²) in [5.74, 6) is -0.386. The van der Waals surface area contributed by atoms with E-state index in [9.17, 15) is 9.90 Å². The van der Waals surface area contributed by atoms with E-state index in [4.69, 9.17) is 4.74 Å². The van der Waals surface area contributed by atoms with E-state index in [0.29, 0.717) is 13.2 Å². The number of aryl methyl sites for hydroxylation is 1. The normalized spacial score (nSPS) is 12.2. The second-order valence-electron chi connectivity index (χ2n) is 3.45. The van der Waals surface area contributed by atoms with E-state index < -0.39 is 6.10 Å². The van der Waals surface area contributed by atoms with E-state index >= 15 is 0 Å². The Balaban J connectivity index is 2.24. The quantitative estimate of drug-likeness (QED) is 0.676. The molecule has 16 heavy (non-hydrogen) atoms. The van der Waals surface area contributed by atoms with Gasteiger partial charge in [0.1, 0.15) is 0 Å². The van der Waals surface area contributed by atoms with Gasteiger partial charge >= 0.3 is 5.97 Å². The molecule has 0 bridgehead atoms. The van der Waals surface area contributed by atoms with Crippen molar-refractivity contribution in [2.75, 3.05) is 18.5 Å². The van der Waals surface area contributed by atoms with Crippen molar-refractivity contribution in [2.45, 2.75) is 19.4 Å². The summed E-state index contributed by atoms with van der Waals surface area (Å²) in [5.41, 5.74) is 0.811. The van der Waals surface area contributed by atoms with Gasteiger partial charge in [0.15, 0.2) is 0 Å². The maximum atomic E-state index is 11.0. The fraction of sp³-hybridized carbons (Fsp3) is 0.600.